The number of methoxy groups -OCH3 is 2. The van der Waals surface area contributed by atoms with Crippen molar-refractivity contribution in [2.75, 3.05) is 19.5 Å². The van der Waals surface area contributed by atoms with Gasteiger partial charge in [-0.15, -0.1) is 0 Å². The van der Waals surface area contributed by atoms with Crippen LogP contribution in [0.15, 0.2) is 22.0 Å². The van der Waals surface area contributed by atoms with E-state index < -0.39 is 0 Å². The lowest BCUT2D eigenvalue weighted by Crippen LogP contribution is -2.27. The average molecular weight is 606 g/mol. The van der Waals surface area contributed by atoms with Crippen LogP contribution in [0.1, 0.15) is 77.6 Å². The molecule has 0 fully saturated rings. The van der Waals surface area contributed by atoms with Crippen molar-refractivity contribution < 1.29 is 9.47 Å². The average Bonchev–Trinajstić information content (AvgIpc) is 2.93. The maximum atomic E-state index is 12.4. The molecule has 0 spiro atoms. The van der Waals surface area contributed by atoms with E-state index in [0.717, 1.165) is 11.8 Å². The summed E-state index contributed by atoms with van der Waals surface area (Å²) in [5, 5.41) is 1.13. The largest absolute Gasteiger partial charge is 0.467 e. The molecule has 4 aromatic rings. The summed E-state index contributed by atoms with van der Waals surface area (Å²) in [7, 11) is 2.97. The van der Waals surface area contributed by atoms with Crippen LogP contribution >= 0.6 is 15.9 Å². The number of aromatic amines is 1. The van der Waals surface area contributed by atoms with Crippen LogP contribution in [-0.4, -0.2) is 59.0 Å². The molecule has 1 N–H and O–H groups in total. The van der Waals surface area contributed by atoms with Crippen molar-refractivity contribution in [2.24, 2.45) is 0 Å². The Hall–Kier alpha value is -3.48. The first-order valence-corrected chi connectivity index (χ1v) is 13.9. The van der Waals surface area contributed by atoms with Crippen molar-refractivity contribution in [3.8, 4) is 12.0 Å². The monoisotopic (exact) mass is 604 g/mol. The van der Waals surface area contributed by atoms with Crippen molar-refractivity contribution in [3.05, 3.63) is 44.5 Å². The lowest BCUT2D eigenvalue weighted by atomic mass is 10.1. The second kappa shape index (κ2) is 15.2. The molecule has 4 aromatic heterocycles. The summed E-state index contributed by atoms with van der Waals surface area (Å²) < 4.78 is 11.5. The van der Waals surface area contributed by atoms with Gasteiger partial charge in [-0.25, -0.2) is 19.9 Å². The topological polar surface area (TPSA) is 151 Å². The van der Waals surface area contributed by atoms with Crippen molar-refractivity contribution in [2.45, 2.75) is 72.8 Å². The highest BCUT2D eigenvalue weighted by Gasteiger charge is 2.15. The third kappa shape index (κ3) is 8.25. The standard InChI is InChI=1S/C13H18N4O2.C10H12N4O2.C3H7Br/c1-5-6-17-11-9(7-14-13(16-11)19-4)15-10(8(2)3)12(17)18;1-5(2)7-9(15)13-8-6(12-7)4-11-10(14-8)16-3;1-2-3-4/h7-8H,5-6H2,1-4H3;4-5H,1-3H3,(H,11,13,14,15);2-3H2,1H3. The molecule has 0 atom stereocenters. The zero-order valence-electron chi connectivity index (χ0n) is 23.8. The first kappa shape index (κ1) is 31.7. The van der Waals surface area contributed by atoms with Crippen LogP contribution < -0.4 is 20.6 Å². The quantitative estimate of drug-likeness (QED) is 0.301. The predicted octanol–water partition coefficient (Wildman–Crippen LogP) is 4.36. The van der Waals surface area contributed by atoms with E-state index in [1.54, 1.807) is 10.8 Å². The van der Waals surface area contributed by atoms with E-state index >= 15 is 0 Å². The Bertz CT molecular complexity index is 1490. The summed E-state index contributed by atoms with van der Waals surface area (Å²) in [6.45, 7) is 12.5. The highest BCUT2D eigenvalue weighted by atomic mass is 79.9. The number of nitrogens with zero attached hydrogens (tertiary/aromatic N) is 7. The number of halogens is 1. The molecule has 4 rings (SSSR count). The van der Waals surface area contributed by atoms with Gasteiger partial charge in [-0.3, -0.25) is 14.2 Å². The highest BCUT2D eigenvalue weighted by Crippen LogP contribution is 2.15. The van der Waals surface area contributed by atoms with E-state index in [0.29, 0.717) is 40.3 Å². The Morgan fingerprint density at radius 3 is 1.90 bits per heavy atom. The smallest absolute Gasteiger partial charge is 0.318 e. The van der Waals surface area contributed by atoms with E-state index in [4.69, 9.17) is 9.47 Å². The van der Waals surface area contributed by atoms with Gasteiger partial charge >= 0.3 is 12.0 Å². The molecular formula is C26H37BrN8O4. The summed E-state index contributed by atoms with van der Waals surface area (Å²) in [6, 6.07) is 0.457. The molecule has 0 aliphatic heterocycles. The number of fused-ring (bicyclic) bond motifs is 2. The Balaban J connectivity index is 0.000000243. The van der Waals surface area contributed by atoms with Crippen LogP contribution in [-0.2, 0) is 6.54 Å². The molecule has 0 amide bonds. The molecule has 0 saturated heterocycles. The molecule has 0 aliphatic rings. The van der Waals surface area contributed by atoms with Gasteiger partial charge < -0.3 is 14.5 Å². The second-order valence-corrected chi connectivity index (χ2v) is 9.85. The third-order valence-electron chi connectivity index (χ3n) is 5.24. The fourth-order valence-electron chi connectivity index (χ4n) is 3.32. The van der Waals surface area contributed by atoms with Crippen LogP contribution in [0.3, 0.4) is 0 Å². The predicted molar refractivity (Wildman–Crippen MR) is 155 cm³/mol. The van der Waals surface area contributed by atoms with Crippen molar-refractivity contribution >= 4 is 38.3 Å². The van der Waals surface area contributed by atoms with E-state index in [2.05, 4.69) is 57.7 Å². The molecule has 13 heteroatoms. The second-order valence-electron chi connectivity index (χ2n) is 9.06. The Labute approximate surface area is 235 Å². The first-order chi connectivity index (χ1) is 18.6. The van der Waals surface area contributed by atoms with Crippen LogP contribution in [0.2, 0.25) is 0 Å². The van der Waals surface area contributed by atoms with Crippen LogP contribution in [0, 0.1) is 0 Å². The summed E-state index contributed by atoms with van der Waals surface area (Å²) >= 11 is 3.25. The fourth-order valence-corrected chi connectivity index (χ4v) is 3.32. The lowest BCUT2D eigenvalue weighted by molar-refractivity contribution is 0.380. The van der Waals surface area contributed by atoms with Crippen molar-refractivity contribution in [1.29, 1.82) is 0 Å². The van der Waals surface area contributed by atoms with Gasteiger partial charge in [-0.05, 0) is 12.8 Å². The number of rotatable bonds is 7. The van der Waals surface area contributed by atoms with Crippen LogP contribution in [0.5, 0.6) is 12.0 Å². The van der Waals surface area contributed by atoms with Gasteiger partial charge in [0, 0.05) is 23.7 Å². The molecule has 212 valence electrons. The van der Waals surface area contributed by atoms with E-state index in [1.807, 2.05) is 34.6 Å². The molecule has 12 nitrogen and oxygen atoms in total. The zero-order chi connectivity index (χ0) is 29.1. The Morgan fingerprint density at radius 1 is 0.846 bits per heavy atom. The number of nitrogens with one attached hydrogen (secondary N) is 1. The van der Waals surface area contributed by atoms with Gasteiger partial charge in [0.05, 0.1) is 26.6 Å². The zero-order valence-corrected chi connectivity index (χ0v) is 25.4. The summed E-state index contributed by atoms with van der Waals surface area (Å²) in [4.78, 5) is 51.6. The molecule has 0 aliphatic carbocycles. The van der Waals surface area contributed by atoms with Crippen molar-refractivity contribution in [1.82, 2.24) is 39.5 Å². The minimum Gasteiger partial charge on any atom is -0.467 e. The Morgan fingerprint density at radius 2 is 1.38 bits per heavy atom. The van der Waals surface area contributed by atoms with Crippen LogP contribution in [0.25, 0.3) is 22.3 Å². The van der Waals surface area contributed by atoms with E-state index in [9.17, 15) is 9.59 Å². The van der Waals surface area contributed by atoms with E-state index in [-0.39, 0.29) is 35.0 Å². The maximum Gasteiger partial charge on any atom is 0.318 e. The van der Waals surface area contributed by atoms with Gasteiger partial charge in [-0.1, -0.05) is 57.5 Å². The number of alkyl halides is 1. The SMILES string of the molecule is CCCBr.CCCn1c(=O)c(C(C)C)nc2cnc(OC)nc21.COc1ncc2nc(C(C)C)c(=O)[nH]c2n1. The third-order valence-corrected chi connectivity index (χ3v) is 6.03. The number of hydrogen-bond acceptors (Lipinski definition) is 10. The number of H-pyrrole nitrogens is 1. The molecule has 4 heterocycles. The van der Waals surface area contributed by atoms with Crippen molar-refractivity contribution in [3.63, 3.8) is 0 Å². The molecular weight excluding hydrogens is 568 g/mol. The minimum absolute atomic E-state index is 0.0650. The number of aromatic nitrogens is 8. The first-order valence-electron chi connectivity index (χ1n) is 12.8. The van der Waals surface area contributed by atoms with Crippen LogP contribution in [0.4, 0.5) is 0 Å². The van der Waals surface area contributed by atoms with E-state index in [1.165, 1.54) is 26.8 Å². The summed E-state index contributed by atoms with van der Waals surface area (Å²) in [6.07, 6.45) is 5.21. The summed E-state index contributed by atoms with van der Waals surface area (Å²) in [5.74, 6) is 0.136. The summed E-state index contributed by atoms with van der Waals surface area (Å²) in [5.41, 5.74) is 2.84. The minimum atomic E-state index is -0.219. The normalized spacial score (nSPS) is 10.7. The number of hydrogen-bond donors (Lipinski definition) is 1. The Kier molecular flexibility index (Phi) is 12.4. The van der Waals surface area contributed by atoms with Gasteiger partial charge in [0.25, 0.3) is 11.1 Å². The molecule has 0 aromatic carbocycles. The molecule has 0 bridgehead atoms. The number of ether oxygens (including phenoxy) is 2. The molecule has 0 radical (unpaired) electrons. The molecule has 0 unspecified atom stereocenters. The number of aryl methyl sites for hydroxylation is 1. The fraction of sp³-hybridized carbons (Fsp3) is 0.538. The highest BCUT2D eigenvalue weighted by molar-refractivity contribution is 9.09. The van der Waals surface area contributed by atoms with Gasteiger partial charge in [-0.2, -0.15) is 9.97 Å². The van der Waals surface area contributed by atoms with Gasteiger partial charge in [0.2, 0.25) is 0 Å². The lowest BCUT2D eigenvalue weighted by Gasteiger charge is -2.12. The van der Waals surface area contributed by atoms with Gasteiger partial charge in [0.15, 0.2) is 11.3 Å². The molecule has 0 saturated carbocycles. The maximum absolute atomic E-state index is 12.4. The van der Waals surface area contributed by atoms with Gasteiger partial charge in [0.1, 0.15) is 22.4 Å². The molecule has 39 heavy (non-hydrogen) atoms.